The first-order chi connectivity index (χ1) is 6.75. The van der Waals surface area contributed by atoms with Gasteiger partial charge in [0.2, 0.25) is 0 Å². The lowest BCUT2D eigenvalue weighted by atomic mass is 10.3. The van der Waals surface area contributed by atoms with Crippen molar-refractivity contribution in [1.29, 1.82) is 0 Å². The Morgan fingerprint density at radius 3 is 2.79 bits per heavy atom. The molecular formula is C10H16ClN3. The summed E-state index contributed by atoms with van der Waals surface area (Å²) in [5.74, 6) is 1.66. The van der Waals surface area contributed by atoms with Gasteiger partial charge >= 0.3 is 0 Å². The smallest absolute Gasteiger partial charge is 0.132 e. The molecule has 1 aromatic heterocycles. The van der Waals surface area contributed by atoms with Crippen molar-refractivity contribution in [3.05, 3.63) is 18.6 Å². The molecule has 3 nitrogen and oxygen atoms in total. The third-order valence-corrected chi connectivity index (χ3v) is 2.28. The Balaban J connectivity index is 2.68. The normalized spacial score (nSPS) is 10.6. The zero-order valence-corrected chi connectivity index (χ0v) is 9.41. The topological polar surface area (TPSA) is 29.0 Å². The number of aromatic nitrogens is 2. The fourth-order valence-electron chi connectivity index (χ4n) is 1.32. The van der Waals surface area contributed by atoms with Crippen LogP contribution in [-0.2, 0) is 0 Å². The van der Waals surface area contributed by atoms with Crippen LogP contribution < -0.4 is 4.90 Å². The van der Waals surface area contributed by atoms with E-state index in [4.69, 9.17) is 11.6 Å². The first-order valence-corrected chi connectivity index (χ1v) is 5.37. The Hall–Kier alpha value is -0.830. The third-order valence-electron chi connectivity index (χ3n) is 2.02. The van der Waals surface area contributed by atoms with Gasteiger partial charge in [-0.05, 0) is 26.3 Å². The number of rotatable bonds is 5. The van der Waals surface area contributed by atoms with Crippen molar-refractivity contribution in [2.75, 3.05) is 17.3 Å². The second-order valence-corrected chi connectivity index (χ2v) is 3.78. The van der Waals surface area contributed by atoms with E-state index in [0.717, 1.165) is 18.8 Å². The van der Waals surface area contributed by atoms with Crippen LogP contribution >= 0.6 is 11.6 Å². The SMILES string of the molecule is CC(C)N(CCCCl)c1ccncn1. The summed E-state index contributed by atoms with van der Waals surface area (Å²) in [5.41, 5.74) is 0. The number of halogens is 1. The van der Waals surface area contributed by atoms with Gasteiger partial charge in [0.05, 0.1) is 0 Å². The molecule has 0 aliphatic heterocycles. The molecule has 0 radical (unpaired) electrons. The van der Waals surface area contributed by atoms with E-state index in [1.807, 2.05) is 6.07 Å². The van der Waals surface area contributed by atoms with Gasteiger partial charge in [-0.25, -0.2) is 9.97 Å². The van der Waals surface area contributed by atoms with Crippen molar-refractivity contribution in [1.82, 2.24) is 9.97 Å². The molecule has 0 aliphatic rings. The molecule has 78 valence electrons. The predicted octanol–water partition coefficient (Wildman–Crippen LogP) is 2.32. The Morgan fingerprint density at radius 1 is 1.50 bits per heavy atom. The van der Waals surface area contributed by atoms with E-state index in [1.54, 1.807) is 12.5 Å². The quantitative estimate of drug-likeness (QED) is 0.703. The molecule has 0 spiro atoms. The number of anilines is 1. The predicted molar refractivity (Wildman–Crippen MR) is 59.9 cm³/mol. The second-order valence-electron chi connectivity index (χ2n) is 3.40. The van der Waals surface area contributed by atoms with Crippen LogP contribution in [0.4, 0.5) is 5.82 Å². The number of alkyl halides is 1. The van der Waals surface area contributed by atoms with Gasteiger partial charge in [-0.1, -0.05) is 0 Å². The van der Waals surface area contributed by atoms with Gasteiger partial charge in [0, 0.05) is 24.7 Å². The summed E-state index contributed by atoms with van der Waals surface area (Å²) in [5, 5.41) is 0. The standard InChI is InChI=1S/C10H16ClN3/c1-9(2)14(7-3-5-11)10-4-6-12-8-13-10/h4,6,8-9H,3,5,7H2,1-2H3. The highest BCUT2D eigenvalue weighted by atomic mass is 35.5. The Morgan fingerprint density at radius 2 is 2.29 bits per heavy atom. The second kappa shape index (κ2) is 5.81. The molecule has 0 saturated carbocycles. The minimum absolute atomic E-state index is 0.438. The fraction of sp³-hybridized carbons (Fsp3) is 0.600. The molecule has 1 aromatic rings. The van der Waals surface area contributed by atoms with E-state index in [-0.39, 0.29) is 0 Å². The summed E-state index contributed by atoms with van der Waals surface area (Å²) in [6.07, 6.45) is 4.31. The van der Waals surface area contributed by atoms with Crippen molar-refractivity contribution in [2.45, 2.75) is 26.3 Å². The minimum atomic E-state index is 0.438. The summed E-state index contributed by atoms with van der Waals surface area (Å²) in [7, 11) is 0. The van der Waals surface area contributed by atoms with Gasteiger partial charge in [-0.3, -0.25) is 0 Å². The molecule has 0 aromatic carbocycles. The van der Waals surface area contributed by atoms with Gasteiger partial charge in [-0.15, -0.1) is 11.6 Å². The van der Waals surface area contributed by atoms with Crippen molar-refractivity contribution in [3.8, 4) is 0 Å². The minimum Gasteiger partial charge on any atom is -0.354 e. The lowest BCUT2D eigenvalue weighted by Gasteiger charge is -2.27. The molecule has 4 heteroatoms. The van der Waals surface area contributed by atoms with Crippen LogP contribution in [0.3, 0.4) is 0 Å². The van der Waals surface area contributed by atoms with Crippen molar-refractivity contribution >= 4 is 17.4 Å². The van der Waals surface area contributed by atoms with Crippen LogP contribution in [0.2, 0.25) is 0 Å². The maximum atomic E-state index is 5.68. The lowest BCUT2D eigenvalue weighted by Crippen LogP contribution is -2.32. The van der Waals surface area contributed by atoms with Crippen molar-refractivity contribution in [2.24, 2.45) is 0 Å². The maximum absolute atomic E-state index is 5.68. The number of hydrogen-bond acceptors (Lipinski definition) is 3. The molecule has 1 rings (SSSR count). The monoisotopic (exact) mass is 213 g/mol. The summed E-state index contributed by atoms with van der Waals surface area (Å²) in [4.78, 5) is 10.4. The molecule has 0 amide bonds. The van der Waals surface area contributed by atoms with Gasteiger partial charge in [0.1, 0.15) is 12.1 Å². The van der Waals surface area contributed by atoms with E-state index in [2.05, 4.69) is 28.7 Å². The fourth-order valence-corrected chi connectivity index (χ4v) is 1.44. The van der Waals surface area contributed by atoms with Crippen LogP contribution in [0.15, 0.2) is 18.6 Å². The first-order valence-electron chi connectivity index (χ1n) is 4.84. The summed E-state index contributed by atoms with van der Waals surface area (Å²) >= 11 is 5.68. The van der Waals surface area contributed by atoms with E-state index in [1.165, 1.54) is 0 Å². The Labute approximate surface area is 90.1 Å². The Bertz CT molecular complexity index is 251. The molecule has 1 heterocycles. The molecule has 0 atom stereocenters. The van der Waals surface area contributed by atoms with Gasteiger partial charge < -0.3 is 4.90 Å². The zero-order chi connectivity index (χ0) is 10.4. The molecule has 0 bridgehead atoms. The average molecular weight is 214 g/mol. The molecule has 0 saturated heterocycles. The van der Waals surface area contributed by atoms with Crippen LogP contribution in [0.25, 0.3) is 0 Å². The molecule has 0 N–H and O–H groups in total. The van der Waals surface area contributed by atoms with Crippen molar-refractivity contribution < 1.29 is 0 Å². The van der Waals surface area contributed by atoms with Gasteiger partial charge in [-0.2, -0.15) is 0 Å². The number of nitrogens with zero attached hydrogens (tertiary/aromatic N) is 3. The van der Waals surface area contributed by atoms with Gasteiger partial charge in [0.15, 0.2) is 0 Å². The lowest BCUT2D eigenvalue weighted by molar-refractivity contribution is 0.662. The summed E-state index contributed by atoms with van der Waals surface area (Å²) < 4.78 is 0. The molecule has 14 heavy (non-hydrogen) atoms. The summed E-state index contributed by atoms with van der Waals surface area (Å²) in [6, 6.07) is 2.36. The van der Waals surface area contributed by atoms with Crippen LogP contribution in [0, 0.1) is 0 Å². The molecule has 0 fully saturated rings. The third kappa shape index (κ3) is 3.14. The van der Waals surface area contributed by atoms with Crippen LogP contribution in [0.1, 0.15) is 20.3 Å². The molecular weight excluding hydrogens is 198 g/mol. The van der Waals surface area contributed by atoms with Crippen LogP contribution in [-0.4, -0.2) is 28.4 Å². The zero-order valence-electron chi connectivity index (χ0n) is 8.65. The van der Waals surface area contributed by atoms with Crippen molar-refractivity contribution in [3.63, 3.8) is 0 Å². The highest BCUT2D eigenvalue weighted by Crippen LogP contribution is 2.12. The summed E-state index contributed by atoms with van der Waals surface area (Å²) in [6.45, 7) is 5.24. The molecule has 0 unspecified atom stereocenters. The van der Waals surface area contributed by atoms with E-state index in [9.17, 15) is 0 Å². The van der Waals surface area contributed by atoms with Gasteiger partial charge in [0.25, 0.3) is 0 Å². The Kier molecular flexibility index (Phi) is 4.66. The van der Waals surface area contributed by atoms with E-state index < -0.39 is 0 Å². The first kappa shape index (κ1) is 11.2. The van der Waals surface area contributed by atoms with E-state index >= 15 is 0 Å². The molecule has 0 aliphatic carbocycles. The number of hydrogen-bond donors (Lipinski definition) is 0. The highest BCUT2D eigenvalue weighted by Gasteiger charge is 2.10. The average Bonchev–Trinajstić information content (AvgIpc) is 2.19. The maximum Gasteiger partial charge on any atom is 0.132 e. The largest absolute Gasteiger partial charge is 0.354 e. The van der Waals surface area contributed by atoms with E-state index in [0.29, 0.717) is 11.9 Å². The highest BCUT2D eigenvalue weighted by molar-refractivity contribution is 6.17. The van der Waals surface area contributed by atoms with Crippen LogP contribution in [0.5, 0.6) is 0 Å².